The first kappa shape index (κ1) is 23.6. The normalized spacial score (nSPS) is 15.5. The second-order valence-electron chi connectivity index (χ2n) is 7.18. The summed E-state index contributed by atoms with van der Waals surface area (Å²) in [6.45, 7) is 6.09. The molecule has 0 bridgehead atoms. The molecule has 0 aromatic heterocycles. The number of halogens is 3. The van der Waals surface area contributed by atoms with Gasteiger partial charge in [0.05, 0.1) is 6.42 Å². The van der Waals surface area contributed by atoms with Crippen molar-refractivity contribution < 1.29 is 13.2 Å². The molecule has 1 unspecified atom stereocenters. The highest BCUT2D eigenvalue weighted by Crippen LogP contribution is 2.36. The van der Waals surface area contributed by atoms with Crippen molar-refractivity contribution in [3.8, 4) is 0 Å². The standard InChI is InChI=1S/C17H37F3N4/c1-3-6-15(11-21,12-22)8-5-9-24-14-16(13-23,7-4-2)10-17(18,19)20/h24H,3-14,21-23H2,1-2H3. The number of alkyl halides is 3. The average Bonchev–Trinajstić information content (AvgIpc) is 2.52. The van der Waals surface area contributed by atoms with Crippen LogP contribution >= 0.6 is 0 Å². The van der Waals surface area contributed by atoms with Crippen molar-refractivity contribution in [1.82, 2.24) is 5.32 Å². The number of hydrogen-bond acceptors (Lipinski definition) is 4. The third-order valence-corrected chi connectivity index (χ3v) is 5.00. The van der Waals surface area contributed by atoms with Crippen LogP contribution in [-0.4, -0.2) is 38.9 Å². The fourth-order valence-electron chi connectivity index (χ4n) is 3.53. The molecule has 4 nitrogen and oxygen atoms in total. The van der Waals surface area contributed by atoms with Gasteiger partial charge in [0.25, 0.3) is 0 Å². The van der Waals surface area contributed by atoms with Crippen molar-refractivity contribution in [2.24, 2.45) is 28.0 Å². The monoisotopic (exact) mass is 354 g/mol. The number of hydrogen-bond donors (Lipinski definition) is 4. The van der Waals surface area contributed by atoms with E-state index < -0.39 is 18.0 Å². The molecular weight excluding hydrogens is 317 g/mol. The van der Waals surface area contributed by atoms with Gasteiger partial charge >= 0.3 is 6.18 Å². The fraction of sp³-hybridized carbons (Fsp3) is 1.00. The molecule has 0 heterocycles. The van der Waals surface area contributed by atoms with Crippen LogP contribution in [0.25, 0.3) is 0 Å². The molecule has 0 rings (SSSR count). The van der Waals surface area contributed by atoms with E-state index in [0.29, 0.717) is 39.0 Å². The van der Waals surface area contributed by atoms with Crippen molar-refractivity contribution in [2.45, 2.75) is 65.0 Å². The Balaban J connectivity index is 4.47. The Hall–Kier alpha value is -0.370. The molecule has 0 aliphatic carbocycles. The molecule has 0 spiro atoms. The fourth-order valence-corrected chi connectivity index (χ4v) is 3.53. The lowest BCUT2D eigenvalue weighted by molar-refractivity contribution is -0.158. The van der Waals surface area contributed by atoms with Crippen LogP contribution in [0.1, 0.15) is 58.8 Å². The van der Waals surface area contributed by atoms with Crippen molar-refractivity contribution in [2.75, 3.05) is 32.7 Å². The smallest absolute Gasteiger partial charge is 0.330 e. The van der Waals surface area contributed by atoms with E-state index in [9.17, 15) is 13.2 Å². The van der Waals surface area contributed by atoms with Crippen molar-refractivity contribution in [3.63, 3.8) is 0 Å². The maximum atomic E-state index is 12.9. The van der Waals surface area contributed by atoms with Crippen LogP contribution in [0.4, 0.5) is 13.2 Å². The van der Waals surface area contributed by atoms with Crippen LogP contribution in [-0.2, 0) is 0 Å². The summed E-state index contributed by atoms with van der Waals surface area (Å²) in [6.07, 6.45) is -0.0990. The molecule has 0 saturated carbocycles. The molecular formula is C17H37F3N4. The zero-order valence-corrected chi connectivity index (χ0v) is 15.4. The Morgan fingerprint density at radius 2 is 1.29 bits per heavy atom. The molecule has 0 fully saturated rings. The van der Waals surface area contributed by atoms with Crippen LogP contribution in [0.5, 0.6) is 0 Å². The van der Waals surface area contributed by atoms with Gasteiger partial charge in [-0.15, -0.1) is 0 Å². The molecule has 7 N–H and O–H groups in total. The van der Waals surface area contributed by atoms with Gasteiger partial charge in [-0.25, -0.2) is 0 Å². The van der Waals surface area contributed by atoms with Gasteiger partial charge in [-0.2, -0.15) is 13.2 Å². The molecule has 24 heavy (non-hydrogen) atoms. The minimum absolute atomic E-state index is 0.0404. The first-order valence-electron chi connectivity index (χ1n) is 9.09. The number of rotatable bonds is 14. The summed E-state index contributed by atoms with van der Waals surface area (Å²) in [5.41, 5.74) is 16.5. The van der Waals surface area contributed by atoms with E-state index >= 15 is 0 Å². The SMILES string of the molecule is CCCC(CN)(CN)CCCNCC(CN)(CCC)CC(F)(F)F. The summed E-state index contributed by atoms with van der Waals surface area (Å²) in [5, 5.41) is 3.19. The van der Waals surface area contributed by atoms with Crippen LogP contribution in [0.15, 0.2) is 0 Å². The van der Waals surface area contributed by atoms with Gasteiger partial charge in [-0.3, -0.25) is 0 Å². The van der Waals surface area contributed by atoms with E-state index in [1.807, 2.05) is 6.92 Å². The van der Waals surface area contributed by atoms with E-state index in [4.69, 9.17) is 17.2 Å². The summed E-state index contributed by atoms with van der Waals surface area (Å²) in [4.78, 5) is 0. The Bertz CT molecular complexity index is 319. The van der Waals surface area contributed by atoms with Gasteiger partial charge in [0, 0.05) is 12.0 Å². The maximum Gasteiger partial charge on any atom is 0.389 e. The second kappa shape index (κ2) is 11.3. The molecule has 0 aromatic carbocycles. The summed E-state index contributed by atoms with van der Waals surface area (Å²) >= 11 is 0. The molecule has 7 heteroatoms. The molecule has 0 saturated heterocycles. The average molecular weight is 355 g/mol. The van der Waals surface area contributed by atoms with Gasteiger partial charge in [-0.1, -0.05) is 26.7 Å². The van der Waals surface area contributed by atoms with Crippen LogP contribution in [0.3, 0.4) is 0 Å². The zero-order chi connectivity index (χ0) is 18.7. The first-order chi connectivity index (χ1) is 11.2. The van der Waals surface area contributed by atoms with E-state index in [2.05, 4.69) is 12.2 Å². The lowest BCUT2D eigenvalue weighted by atomic mass is 9.78. The quantitative estimate of drug-likeness (QED) is 0.361. The molecule has 146 valence electrons. The third kappa shape index (κ3) is 8.65. The lowest BCUT2D eigenvalue weighted by Crippen LogP contribution is -2.44. The summed E-state index contributed by atoms with van der Waals surface area (Å²) in [7, 11) is 0. The van der Waals surface area contributed by atoms with Crippen LogP contribution in [0, 0.1) is 10.8 Å². The minimum Gasteiger partial charge on any atom is -0.330 e. The highest BCUT2D eigenvalue weighted by molar-refractivity contribution is 4.86. The molecule has 0 radical (unpaired) electrons. The van der Waals surface area contributed by atoms with E-state index in [0.717, 1.165) is 25.7 Å². The Morgan fingerprint density at radius 3 is 1.71 bits per heavy atom. The summed E-state index contributed by atoms with van der Waals surface area (Å²) in [6, 6.07) is 0. The van der Waals surface area contributed by atoms with Crippen molar-refractivity contribution in [1.29, 1.82) is 0 Å². The predicted octanol–water partition coefficient (Wildman–Crippen LogP) is 2.76. The summed E-state index contributed by atoms with van der Waals surface area (Å²) < 4.78 is 38.6. The molecule has 0 aromatic rings. The largest absolute Gasteiger partial charge is 0.389 e. The topological polar surface area (TPSA) is 90.1 Å². The molecule has 0 aliphatic heterocycles. The molecule has 0 amide bonds. The van der Waals surface area contributed by atoms with E-state index in [1.165, 1.54) is 0 Å². The highest BCUT2D eigenvalue weighted by atomic mass is 19.4. The van der Waals surface area contributed by atoms with Gasteiger partial charge in [0.15, 0.2) is 0 Å². The number of nitrogens with one attached hydrogen (secondary N) is 1. The van der Waals surface area contributed by atoms with Gasteiger partial charge < -0.3 is 22.5 Å². The van der Waals surface area contributed by atoms with Crippen molar-refractivity contribution in [3.05, 3.63) is 0 Å². The number of nitrogens with two attached hydrogens (primary N) is 3. The predicted molar refractivity (Wildman–Crippen MR) is 94.6 cm³/mol. The summed E-state index contributed by atoms with van der Waals surface area (Å²) in [5.74, 6) is 0. The minimum atomic E-state index is -4.19. The van der Waals surface area contributed by atoms with Crippen LogP contribution < -0.4 is 22.5 Å². The zero-order valence-electron chi connectivity index (χ0n) is 15.4. The first-order valence-corrected chi connectivity index (χ1v) is 9.09. The highest BCUT2D eigenvalue weighted by Gasteiger charge is 2.40. The third-order valence-electron chi connectivity index (χ3n) is 5.00. The van der Waals surface area contributed by atoms with E-state index in [1.54, 1.807) is 0 Å². The van der Waals surface area contributed by atoms with E-state index in [-0.39, 0.29) is 12.0 Å². The van der Waals surface area contributed by atoms with Gasteiger partial charge in [0.2, 0.25) is 0 Å². The Morgan fingerprint density at radius 1 is 0.792 bits per heavy atom. The lowest BCUT2D eigenvalue weighted by Gasteiger charge is -2.34. The second-order valence-corrected chi connectivity index (χ2v) is 7.18. The Kier molecular flexibility index (Phi) is 11.1. The van der Waals surface area contributed by atoms with Gasteiger partial charge in [-0.05, 0) is 57.3 Å². The van der Waals surface area contributed by atoms with Crippen molar-refractivity contribution >= 4 is 0 Å². The van der Waals surface area contributed by atoms with Gasteiger partial charge in [0.1, 0.15) is 0 Å². The molecule has 0 aliphatic rings. The maximum absolute atomic E-state index is 12.9. The Labute approximate surface area is 145 Å². The molecule has 1 atom stereocenters. The van der Waals surface area contributed by atoms with Crippen LogP contribution in [0.2, 0.25) is 0 Å².